The molecule has 2 aromatic rings. The summed E-state index contributed by atoms with van der Waals surface area (Å²) >= 11 is 7.54. The highest BCUT2D eigenvalue weighted by Gasteiger charge is 2.30. The number of hydrogen-bond donors (Lipinski definition) is 1. The topological polar surface area (TPSA) is 42.0 Å². The minimum atomic E-state index is -0.354. The third-order valence-corrected chi connectivity index (χ3v) is 5.07. The predicted molar refractivity (Wildman–Crippen MR) is 92.4 cm³/mol. The van der Waals surface area contributed by atoms with Crippen LogP contribution in [0, 0.1) is 6.92 Å². The van der Waals surface area contributed by atoms with Crippen molar-refractivity contribution in [3.63, 3.8) is 0 Å². The van der Waals surface area contributed by atoms with E-state index >= 15 is 0 Å². The molecule has 1 aromatic carbocycles. The number of carbonyl (C=O) groups is 1. The third-order valence-electron chi connectivity index (χ3n) is 3.99. The van der Waals surface area contributed by atoms with Gasteiger partial charge in [0.05, 0.1) is 22.7 Å². The van der Waals surface area contributed by atoms with Gasteiger partial charge in [0, 0.05) is 10.4 Å². The number of halogens is 1. The minimum absolute atomic E-state index is 0.00366. The smallest absolute Gasteiger partial charge is 0.226 e. The number of benzene rings is 1. The van der Waals surface area contributed by atoms with E-state index in [4.69, 9.17) is 11.6 Å². The molecule has 1 aromatic heterocycles. The lowest BCUT2D eigenvalue weighted by Gasteiger charge is -2.33. The Hall–Kier alpha value is -1.39. The van der Waals surface area contributed by atoms with Gasteiger partial charge in [-0.3, -0.25) is 4.79 Å². The molecular formula is C17H21ClN2OS. The number of hydrogen-bond acceptors (Lipinski definition) is 3. The number of rotatable bonds is 6. The predicted octanol–water partition coefficient (Wildman–Crippen LogP) is 4.48. The summed E-state index contributed by atoms with van der Waals surface area (Å²) in [5.74, 6) is 0.00366. The average molecular weight is 337 g/mol. The summed E-state index contributed by atoms with van der Waals surface area (Å²) in [4.78, 5) is 16.8. The van der Waals surface area contributed by atoms with Crippen LogP contribution in [-0.2, 0) is 16.8 Å². The molecule has 0 fully saturated rings. The summed E-state index contributed by atoms with van der Waals surface area (Å²) in [6.45, 7) is 6.12. The molecule has 0 spiro atoms. The summed E-state index contributed by atoms with van der Waals surface area (Å²) in [7, 11) is 0. The Morgan fingerprint density at radius 3 is 2.41 bits per heavy atom. The van der Waals surface area contributed by atoms with E-state index in [0.717, 1.165) is 29.1 Å². The number of carbonyl (C=O) groups excluding carboxylic acids is 1. The second kappa shape index (κ2) is 7.25. The van der Waals surface area contributed by atoms with Gasteiger partial charge in [-0.05, 0) is 37.5 Å². The first-order chi connectivity index (χ1) is 10.5. The van der Waals surface area contributed by atoms with Crippen molar-refractivity contribution in [2.75, 3.05) is 0 Å². The normalized spacial score (nSPS) is 11.5. The fraction of sp³-hybridized carbons (Fsp3) is 0.412. The van der Waals surface area contributed by atoms with Gasteiger partial charge in [-0.2, -0.15) is 0 Å². The van der Waals surface area contributed by atoms with Gasteiger partial charge in [0.25, 0.3) is 0 Å². The average Bonchev–Trinajstić information content (AvgIpc) is 2.91. The molecular weight excluding hydrogens is 316 g/mol. The van der Waals surface area contributed by atoms with Gasteiger partial charge in [0.2, 0.25) is 5.91 Å². The van der Waals surface area contributed by atoms with Crippen LogP contribution in [-0.4, -0.2) is 10.9 Å². The van der Waals surface area contributed by atoms with Gasteiger partial charge in [0.1, 0.15) is 0 Å². The number of thiazole rings is 1. The molecule has 1 heterocycles. The fourth-order valence-electron chi connectivity index (χ4n) is 2.64. The van der Waals surface area contributed by atoms with Gasteiger partial charge < -0.3 is 5.32 Å². The van der Waals surface area contributed by atoms with Crippen LogP contribution in [0.25, 0.3) is 0 Å². The molecule has 0 radical (unpaired) electrons. The third kappa shape index (κ3) is 3.87. The molecule has 0 saturated heterocycles. The van der Waals surface area contributed by atoms with E-state index in [1.165, 1.54) is 0 Å². The van der Waals surface area contributed by atoms with E-state index in [-0.39, 0.29) is 11.4 Å². The van der Waals surface area contributed by atoms with E-state index in [0.29, 0.717) is 11.4 Å². The van der Waals surface area contributed by atoms with Crippen molar-refractivity contribution < 1.29 is 4.79 Å². The van der Waals surface area contributed by atoms with Crippen molar-refractivity contribution in [3.05, 3.63) is 50.9 Å². The summed E-state index contributed by atoms with van der Waals surface area (Å²) in [5.41, 5.74) is 1.56. The number of aryl methyl sites for hydroxylation is 1. The van der Waals surface area contributed by atoms with E-state index in [1.54, 1.807) is 11.3 Å². The van der Waals surface area contributed by atoms with Crippen LogP contribution in [0.4, 0.5) is 0 Å². The maximum absolute atomic E-state index is 12.4. The Balaban J connectivity index is 2.16. The Morgan fingerprint density at radius 2 is 1.91 bits per heavy atom. The molecule has 3 nitrogen and oxygen atoms in total. The molecule has 118 valence electrons. The monoisotopic (exact) mass is 336 g/mol. The van der Waals surface area contributed by atoms with Crippen molar-refractivity contribution in [1.82, 2.24) is 10.3 Å². The molecule has 22 heavy (non-hydrogen) atoms. The van der Waals surface area contributed by atoms with Gasteiger partial charge in [-0.25, -0.2) is 4.98 Å². The highest BCUT2D eigenvalue weighted by molar-refractivity contribution is 7.09. The molecule has 0 aliphatic carbocycles. The SMILES string of the molecule is CCC(CC)(NC(=O)Cc1csc(C)n1)c1ccc(Cl)cc1. The van der Waals surface area contributed by atoms with Crippen molar-refractivity contribution in [2.24, 2.45) is 0 Å². The molecule has 0 atom stereocenters. The lowest BCUT2D eigenvalue weighted by molar-refractivity contribution is -0.122. The van der Waals surface area contributed by atoms with Crippen LogP contribution in [0.5, 0.6) is 0 Å². The van der Waals surface area contributed by atoms with Crippen molar-refractivity contribution in [1.29, 1.82) is 0 Å². The maximum atomic E-state index is 12.4. The van der Waals surface area contributed by atoms with E-state index in [1.807, 2.05) is 36.6 Å². The number of nitrogens with zero attached hydrogens (tertiary/aromatic N) is 1. The highest BCUT2D eigenvalue weighted by Crippen LogP contribution is 2.29. The maximum Gasteiger partial charge on any atom is 0.226 e. The van der Waals surface area contributed by atoms with Crippen LogP contribution in [0.2, 0.25) is 5.02 Å². The Labute approximate surface area is 140 Å². The summed E-state index contributed by atoms with van der Waals surface area (Å²) < 4.78 is 0. The molecule has 1 N–H and O–H groups in total. The van der Waals surface area contributed by atoms with Crippen molar-refractivity contribution >= 4 is 28.8 Å². The summed E-state index contributed by atoms with van der Waals surface area (Å²) in [5, 5.41) is 6.83. The molecule has 0 aliphatic heterocycles. The number of nitrogens with one attached hydrogen (secondary N) is 1. The number of aromatic nitrogens is 1. The molecule has 1 amide bonds. The van der Waals surface area contributed by atoms with Gasteiger partial charge in [-0.15, -0.1) is 11.3 Å². The molecule has 0 aliphatic rings. The fourth-order valence-corrected chi connectivity index (χ4v) is 3.38. The van der Waals surface area contributed by atoms with Crippen LogP contribution in [0.15, 0.2) is 29.6 Å². The zero-order valence-electron chi connectivity index (χ0n) is 13.1. The Bertz CT molecular complexity index is 632. The van der Waals surface area contributed by atoms with E-state index < -0.39 is 0 Å². The van der Waals surface area contributed by atoms with Crippen LogP contribution >= 0.6 is 22.9 Å². The van der Waals surface area contributed by atoms with Crippen molar-refractivity contribution in [3.8, 4) is 0 Å². The lowest BCUT2D eigenvalue weighted by atomic mass is 9.84. The molecule has 2 rings (SSSR count). The van der Waals surface area contributed by atoms with E-state index in [9.17, 15) is 4.79 Å². The first-order valence-electron chi connectivity index (χ1n) is 7.47. The molecule has 0 unspecified atom stereocenters. The Kier molecular flexibility index (Phi) is 5.59. The van der Waals surface area contributed by atoms with Crippen molar-refractivity contribution in [2.45, 2.75) is 45.6 Å². The van der Waals surface area contributed by atoms with E-state index in [2.05, 4.69) is 24.1 Å². The quantitative estimate of drug-likeness (QED) is 0.845. The summed E-state index contributed by atoms with van der Waals surface area (Å²) in [6.07, 6.45) is 1.97. The lowest BCUT2D eigenvalue weighted by Crippen LogP contribution is -2.45. The van der Waals surface area contributed by atoms with Gasteiger partial charge in [0.15, 0.2) is 0 Å². The van der Waals surface area contributed by atoms with Crippen LogP contribution < -0.4 is 5.32 Å². The zero-order valence-corrected chi connectivity index (χ0v) is 14.7. The highest BCUT2D eigenvalue weighted by atomic mass is 35.5. The standard InChI is InChI=1S/C17H21ClN2OS/c1-4-17(5-2,13-6-8-14(18)9-7-13)20-16(21)10-15-11-22-12(3)19-15/h6-9,11H,4-5,10H2,1-3H3,(H,20,21). The first kappa shape index (κ1) is 17.0. The zero-order chi connectivity index (χ0) is 16.2. The second-order valence-electron chi connectivity index (χ2n) is 5.38. The second-order valence-corrected chi connectivity index (χ2v) is 6.88. The van der Waals surface area contributed by atoms with Crippen LogP contribution in [0.1, 0.15) is 43.0 Å². The Morgan fingerprint density at radius 1 is 1.27 bits per heavy atom. The largest absolute Gasteiger partial charge is 0.346 e. The van der Waals surface area contributed by atoms with Crippen LogP contribution in [0.3, 0.4) is 0 Å². The first-order valence-corrected chi connectivity index (χ1v) is 8.73. The van der Waals surface area contributed by atoms with Gasteiger partial charge in [-0.1, -0.05) is 37.6 Å². The molecule has 0 saturated carbocycles. The molecule has 5 heteroatoms. The summed E-state index contributed by atoms with van der Waals surface area (Å²) in [6, 6.07) is 7.71. The molecule has 0 bridgehead atoms. The minimum Gasteiger partial charge on any atom is -0.346 e. The van der Waals surface area contributed by atoms with Gasteiger partial charge >= 0.3 is 0 Å². The number of amides is 1.